The minimum Gasteiger partial charge on any atom is -0.443 e. The number of rotatable bonds is 4. The highest BCUT2D eigenvalue weighted by molar-refractivity contribution is 5.92. The van der Waals surface area contributed by atoms with Gasteiger partial charge in [-0.15, -0.1) is 0 Å². The molecule has 3 heterocycles. The highest BCUT2D eigenvalue weighted by Crippen LogP contribution is 2.31. The number of hydrogen-bond donors (Lipinski definition) is 1. The zero-order valence-corrected chi connectivity index (χ0v) is 14.9. The van der Waals surface area contributed by atoms with Crippen LogP contribution in [0.25, 0.3) is 0 Å². The highest BCUT2D eigenvalue weighted by Gasteiger charge is 2.32. The van der Waals surface area contributed by atoms with Gasteiger partial charge in [-0.05, 0) is 30.9 Å². The van der Waals surface area contributed by atoms with Crippen molar-refractivity contribution < 1.29 is 9.21 Å². The number of hydrogen-bond acceptors (Lipinski definition) is 4. The molecule has 1 aliphatic heterocycles. The van der Waals surface area contributed by atoms with Gasteiger partial charge in [0.05, 0.1) is 6.20 Å². The summed E-state index contributed by atoms with van der Waals surface area (Å²) in [6, 6.07) is 14.5. The van der Waals surface area contributed by atoms with E-state index in [1.54, 1.807) is 23.2 Å². The number of aromatic amines is 1. The van der Waals surface area contributed by atoms with Crippen LogP contribution in [0.15, 0.2) is 63.9 Å². The second-order valence-electron chi connectivity index (χ2n) is 6.77. The molecular weight excluding hydrogens is 342 g/mol. The molecule has 6 heteroatoms. The second kappa shape index (κ2) is 7.61. The van der Waals surface area contributed by atoms with Crippen LogP contribution in [0.2, 0.25) is 0 Å². The predicted octanol–water partition coefficient (Wildman–Crippen LogP) is 3.32. The molecule has 1 fully saturated rings. The largest absolute Gasteiger partial charge is 0.443 e. The third-order valence-electron chi connectivity index (χ3n) is 4.84. The number of nitrogens with one attached hydrogen (secondary N) is 1. The Bertz CT molecular complexity index is 977. The standard InChI is InChI=1S/C21H21N3O3/c25-19-11-6-9-17(23-19)21(26)24-12-5-4-10-18(24)20-22-14-16(27-20)13-15-7-2-1-3-8-15/h1-3,6-9,11,14,18H,4-5,10,12-13H2,(H,23,25)/t18-/m1/s1. The molecule has 0 radical (unpaired) electrons. The first-order valence-corrected chi connectivity index (χ1v) is 9.19. The predicted molar refractivity (Wildman–Crippen MR) is 100 cm³/mol. The van der Waals surface area contributed by atoms with Gasteiger partial charge in [-0.1, -0.05) is 36.4 Å². The van der Waals surface area contributed by atoms with Gasteiger partial charge in [-0.2, -0.15) is 0 Å². The molecule has 0 bridgehead atoms. The molecule has 1 aromatic carbocycles. The third kappa shape index (κ3) is 3.84. The molecule has 4 rings (SSSR count). The summed E-state index contributed by atoms with van der Waals surface area (Å²) < 4.78 is 5.99. The van der Waals surface area contributed by atoms with Gasteiger partial charge in [0.15, 0.2) is 0 Å². The fourth-order valence-corrected chi connectivity index (χ4v) is 3.51. The molecule has 2 aromatic heterocycles. The van der Waals surface area contributed by atoms with Crippen LogP contribution in [0.3, 0.4) is 0 Å². The number of carbonyl (C=O) groups is 1. The van der Waals surface area contributed by atoms with Crippen molar-refractivity contribution in [2.45, 2.75) is 31.7 Å². The van der Waals surface area contributed by atoms with E-state index >= 15 is 0 Å². The van der Waals surface area contributed by atoms with Crippen molar-refractivity contribution >= 4 is 5.91 Å². The topological polar surface area (TPSA) is 79.2 Å². The lowest BCUT2D eigenvalue weighted by Crippen LogP contribution is -2.39. The van der Waals surface area contributed by atoms with Crippen LogP contribution in [0.4, 0.5) is 0 Å². The zero-order chi connectivity index (χ0) is 18.6. The monoisotopic (exact) mass is 363 g/mol. The molecule has 0 saturated carbocycles. The Morgan fingerprint density at radius 1 is 1.15 bits per heavy atom. The molecule has 1 atom stereocenters. The molecule has 0 spiro atoms. The summed E-state index contributed by atoms with van der Waals surface area (Å²) in [7, 11) is 0. The minimum atomic E-state index is -0.282. The van der Waals surface area contributed by atoms with E-state index in [-0.39, 0.29) is 17.5 Å². The third-order valence-corrected chi connectivity index (χ3v) is 4.84. The summed E-state index contributed by atoms with van der Waals surface area (Å²) in [6.45, 7) is 0.622. The van der Waals surface area contributed by atoms with Crippen molar-refractivity contribution in [2.24, 2.45) is 0 Å². The molecular formula is C21H21N3O3. The van der Waals surface area contributed by atoms with Crippen LogP contribution in [0, 0.1) is 0 Å². The average Bonchev–Trinajstić information content (AvgIpc) is 3.16. The average molecular weight is 363 g/mol. The van der Waals surface area contributed by atoms with Gasteiger partial charge in [-0.3, -0.25) is 9.59 Å². The Balaban J connectivity index is 1.56. The second-order valence-corrected chi connectivity index (χ2v) is 6.77. The number of nitrogens with zero attached hydrogens (tertiary/aromatic N) is 2. The Labute approximate surface area is 156 Å². The van der Waals surface area contributed by atoms with Gasteiger partial charge in [0.25, 0.3) is 5.91 Å². The quantitative estimate of drug-likeness (QED) is 0.771. The number of pyridine rings is 1. The maximum Gasteiger partial charge on any atom is 0.271 e. The number of aromatic nitrogens is 2. The number of piperidine rings is 1. The first-order chi connectivity index (χ1) is 13.2. The number of carbonyl (C=O) groups excluding carboxylic acids is 1. The van der Waals surface area contributed by atoms with Gasteiger partial charge < -0.3 is 14.3 Å². The summed E-state index contributed by atoms with van der Waals surface area (Å²) in [4.78, 5) is 33.3. The molecule has 1 aliphatic rings. The number of H-pyrrole nitrogens is 1. The van der Waals surface area contributed by atoms with Crippen molar-refractivity contribution in [1.29, 1.82) is 0 Å². The molecule has 0 aliphatic carbocycles. The molecule has 138 valence electrons. The Morgan fingerprint density at radius 3 is 2.81 bits per heavy atom. The van der Waals surface area contributed by atoms with E-state index in [1.165, 1.54) is 6.07 Å². The zero-order valence-electron chi connectivity index (χ0n) is 14.9. The van der Waals surface area contributed by atoms with E-state index < -0.39 is 0 Å². The van der Waals surface area contributed by atoms with Crippen molar-refractivity contribution in [1.82, 2.24) is 14.9 Å². The fourth-order valence-electron chi connectivity index (χ4n) is 3.51. The van der Waals surface area contributed by atoms with E-state index in [2.05, 4.69) is 9.97 Å². The van der Waals surface area contributed by atoms with Gasteiger partial charge in [0.1, 0.15) is 17.5 Å². The Kier molecular flexibility index (Phi) is 4.87. The van der Waals surface area contributed by atoms with Crippen molar-refractivity contribution in [3.8, 4) is 0 Å². The van der Waals surface area contributed by atoms with E-state index in [0.29, 0.717) is 24.6 Å². The number of benzene rings is 1. The van der Waals surface area contributed by atoms with Crippen molar-refractivity contribution in [3.05, 3.63) is 88.0 Å². The van der Waals surface area contributed by atoms with E-state index in [1.807, 2.05) is 30.3 Å². The minimum absolute atomic E-state index is 0.194. The number of amides is 1. The molecule has 1 saturated heterocycles. The molecule has 1 amide bonds. The smallest absolute Gasteiger partial charge is 0.271 e. The van der Waals surface area contributed by atoms with Gasteiger partial charge in [0, 0.05) is 19.0 Å². The van der Waals surface area contributed by atoms with Crippen LogP contribution >= 0.6 is 0 Å². The maximum atomic E-state index is 12.9. The van der Waals surface area contributed by atoms with Crippen LogP contribution in [0.5, 0.6) is 0 Å². The summed E-state index contributed by atoms with van der Waals surface area (Å²) in [6.07, 6.45) is 5.14. The highest BCUT2D eigenvalue weighted by atomic mass is 16.4. The Morgan fingerprint density at radius 2 is 2.00 bits per heavy atom. The SMILES string of the molecule is O=C(c1cccc(=O)[nH]1)N1CCCC[C@@H]1c1ncc(Cc2ccccc2)o1. The summed E-state index contributed by atoms with van der Waals surface area (Å²) in [5, 5.41) is 0. The van der Waals surface area contributed by atoms with E-state index in [4.69, 9.17) is 4.42 Å². The van der Waals surface area contributed by atoms with Crippen molar-refractivity contribution in [2.75, 3.05) is 6.54 Å². The number of likely N-dealkylation sites (tertiary alicyclic amines) is 1. The fraction of sp³-hybridized carbons (Fsp3) is 0.286. The van der Waals surface area contributed by atoms with Gasteiger partial charge >= 0.3 is 0 Å². The van der Waals surface area contributed by atoms with Crippen molar-refractivity contribution in [3.63, 3.8) is 0 Å². The number of oxazole rings is 1. The molecule has 1 N–H and O–H groups in total. The van der Waals surface area contributed by atoms with Crippen LogP contribution < -0.4 is 5.56 Å². The van der Waals surface area contributed by atoms with Crippen LogP contribution in [0.1, 0.15) is 53.0 Å². The lowest BCUT2D eigenvalue weighted by Gasteiger charge is -2.33. The first-order valence-electron chi connectivity index (χ1n) is 9.19. The first kappa shape index (κ1) is 17.3. The molecule has 27 heavy (non-hydrogen) atoms. The Hall–Kier alpha value is -3.15. The summed E-state index contributed by atoms with van der Waals surface area (Å²) >= 11 is 0. The lowest BCUT2D eigenvalue weighted by atomic mass is 10.0. The lowest BCUT2D eigenvalue weighted by molar-refractivity contribution is 0.0563. The van der Waals surface area contributed by atoms with Gasteiger partial charge in [-0.25, -0.2) is 4.98 Å². The summed E-state index contributed by atoms with van der Waals surface area (Å²) in [5.41, 5.74) is 1.17. The van der Waals surface area contributed by atoms with Crippen LogP contribution in [-0.2, 0) is 6.42 Å². The molecule has 3 aromatic rings. The normalized spacial score (nSPS) is 17.0. The maximum absolute atomic E-state index is 12.9. The van der Waals surface area contributed by atoms with E-state index in [0.717, 1.165) is 30.6 Å². The molecule has 0 unspecified atom stereocenters. The molecule has 6 nitrogen and oxygen atoms in total. The van der Waals surface area contributed by atoms with Gasteiger partial charge in [0.2, 0.25) is 11.4 Å². The van der Waals surface area contributed by atoms with E-state index in [9.17, 15) is 9.59 Å². The van der Waals surface area contributed by atoms with Crippen LogP contribution in [-0.4, -0.2) is 27.3 Å². The summed E-state index contributed by atoms with van der Waals surface area (Å²) in [5.74, 6) is 1.15.